The van der Waals surface area contributed by atoms with Crippen LogP contribution in [-0.4, -0.2) is 15.0 Å². The van der Waals surface area contributed by atoms with Gasteiger partial charge in [-0.05, 0) is 295 Å². The first-order chi connectivity index (χ1) is 72.9. The van der Waals surface area contributed by atoms with E-state index < -0.39 is 0 Å². The number of nitrogens with zero attached hydrogens (tertiary/aromatic N) is 3. The molecule has 0 N–H and O–H groups in total. The quantitative estimate of drug-likeness (QED) is 0.135. The molecule has 0 saturated heterocycles. The largest absolute Gasteiger partial charge is 0.435 e. The highest BCUT2D eigenvalue weighted by Crippen LogP contribution is 2.53. The van der Waals surface area contributed by atoms with Gasteiger partial charge in [-0.2, -0.15) is 0 Å². The van der Waals surface area contributed by atoms with Crippen molar-refractivity contribution in [1.82, 2.24) is 15.0 Å². The number of benzene rings is 28. The summed E-state index contributed by atoms with van der Waals surface area (Å²) in [6, 6.07) is 183. The maximum atomic E-state index is 6.40. The van der Waals surface area contributed by atoms with E-state index in [1.807, 2.05) is 36.4 Å². The van der Waals surface area contributed by atoms with Gasteiger partial charge >= 0.3 is 0 Å². The molecule has 147 heavy (non-hydrogen) atoms. The van der Waals surface area contributed by atoms with Crippen molar-refractivity contribution in [3.05, 3.63) is 504 Å². The summed E-state index contributed by atoms with van der Waals surface area (Å²) in [4.78, 5) is 15.0. The van der Waals surface area contributed by atoms with Crippen molar-refractivity contribution < 1.29 is 4.42 Å². The fourth-order valence-electron chi connectivity index (χ4n) is 23.9. The Bertz CT molecular complexity index is 10900. The molecule has 0 unspecified atom stereocenters. The van der Waals surface area contributed by atoms with Gasteiger partial charge in [0.25, 0.3) is 0 Å². The van der Waals surface area contributed by atoms with Crippen LogP contribution in [0.3, 0.4) is 0 Å². The summed E-state index contributed by atoms with van der Waals surface area (Å²) in [7, 11) is 0. The zero-order chi connectivity index (χ0) is 96.4. The molecule has 4 nitrogen and oxygen atoms in total. The van der Waals surface area contributed by atoms with Gasteiger partial charge in [0.1, 0.15) is 15.5 Å². The van der Waals surface area contributed by atoms with Crippen molar-refractivity contribution in [2.45, 2.75) is 0 Å². The van der Waals surface area contributed by atoms with Crippen LogP contribution in [0.5, 0.6) is 0 Å². The Hall–Kier alpha value is -18.7. The number of rotatable bonds is 9. The first-order valence-electron chi connectivity index (χ1n) is 50.3. The van der Waals surface area contributed by atoms with Crippen LogP contribution in [0, 0.1) is 0 Å². The predicted molar refractivity (Wildman–Crippen MR) is 629 cm³/mol. The van der Waals surface area contributed by atoms with E-state index in [2.05, 4.69) is 467 Å². The minimum atomic E-state index is 0.643. The van der Waals surface area contributed by atoms with Crippen molar-refractivity contribution in [3.8, 4) is 122 Å². The maximum absolute atomic E-state index is 6.40. The van der Waals surface area contributed by atoms with Crippen LogP contribution in [0.25, 0.3) is 315 Å². The lowest BCUT2D eigenvalue weighted by atomic mass is 9.88. The molecule has 0 bridgehead atoms. The van der Waals surface area contributed by atoms with E-state index in [1.165, 1.54) is 244 Å². The average Bonchev–Trinajstić information content (AvgIpc) is 1.59. The van der Waals surface area contributed by atoms with Crippen molar-refractivity contribution in [1.29, 1.82) is 0 Å². The Labute approximate surface area is 853 Å². The molecule has 28 aromatic carbocycles. The standard InChI is InChI=1S/C49H29NS.C47H27NS.C45H27NO/c1-2-10-32(11-3-1)49-50-46-27-23-31-20-18-30-19-21-33(28-44(30)47(31)48(46)51-49)35-25-26-36(38-13-5-4-12-37(35)38)34-22-24-43-41-16-7-6-14-39(41)40-15-8-9-17-42(40)45(43)29-34;1-2-9-30(10-3-1)47-48-43-26-21-29-19-17-28-18-20-31(27-42(28)44(29)46(43)49-47)32-22-23-37(34-12-5-4-11-33(32)34)38-24-25-41-36-14-7-6-13-35(36)39-15-8-16-40(38)45(39)41;1-2-10-29(11-3-1)45-46-43-25-21-28-18-19-30(26-41(28)44(43)47-45)32-23-24-33(35-13-5-4-12-34(32)35)31-20-22-40-38-16-7-6-14-36(38)37-15-8-9-17-39(37)42(40)27-31/h1-29H;1-27H;1-27H. The van der Waals surface area contributed by atoms with Crippen LogP contribution in [0.2, 0.25) is 0 Å². The lowest BCUT2D eigenvalue weighted by Gasteiger charge is -2.15. The molecule has 680 valence electrons. The molecular formula is C141H83N3OS2. The second-order valence-corrected chi connectivity index (χ2v) is 40.8. The summed E-state index contributed by atoms with van der Waals surface area (Å²) in [5, 5.41) is 40.1. The van der Waals surface area contributed by atoms with Gasteiger partial charge in [0, 0.05) is 32.8 Å². The van der Waals surface area contributed by atoms with E-state index in [4.69, 9.17) is 19.4 Å². The molecule has 0 atom stereocenters. The van der Waals surface area contributed by atoms with Gasteiger partial charge in [-0.15, -0.1) is 22.7 Å². The number of hydrogen-bond donors (Lipinski definition) is 0. The number of thiazole rings is 2. The third kappa shape index (κ3) is 13.7. The minimum absolute atomic E-state index is 0.643. The molecule has 0 spiro atoms. The maximum Gasteiger partial charge on any atom is 0.227 e. The Morgan fingerprint density at radius 2 is 0.408 bits per heavy atom. The summed E-state index contributed by atoms with van der Waals surface area (Å²) in [6.07, 6.45) is 0. The van der Waals surface area contributed by atoms with Crippen molar-refractivity contribution in [2.75, 3.05) is 0 Å². The fourth-order valence-corrected chi connectivity index (χ4v) is 26.2. The predicted octanol–water partition coefficient (Wildman–Crippen LogP) is 40.4. The number of hydrogen-bond acceptors (Lipinski definition) is 6. The summed E-state index contributed by atoms with van der Waals surface area (Å²) < 4.78 is 8.89. The van der Waals surface area contributed by atoms with Gasteiger partial charge in [-0.1, -0.05) is 443 Å². The first-order valence-corrected chi connectivity index (χ1v) is 51.9. The van der Waals surface area contributed by atoms with Crippen molar-refractivity contribution in [3.63, 3.8) is 0 Å². The van der Waals surface area contributed by atoms with Gasteiger partial charge < -0.3 is 4.42 Å². The van der Waals surface area contributed by atoms with E-state index in [-0.39, 0.29) is 0 Å². The Morgan fingerprint density at radius 1 is 0.143 bits per heavy atom. The molecule has 31 aromatic rings. The van der Waals surface area contributed by atoms with E-state index in [0.717, 1.165) is 65.2 Å². The van der Waals surface area contributed by atoms with E-state index in [1.54, 1.807) is 22.7 Å². The average molecular weight is 1900 g/mol. The fraction of sp³-hybridized carbons (Fsp3) is 0. The highest BCUT2D eigenvalue weighted by molar-refractivity contribution is 7.23. The van der Waals surface area contributed by atoms with Gasteiger partial charge in [0.05, 0.1) is 20.4 Å². The van der Waals surface area contributed by atoms with Gasteiger partial charge in [0.2, 0.25) is 5.89 Å². The topological polar surface area (TPSA) is 51.8 Å². The second-order valence-electron chi connectivity index (χ2n) is 38.8. The highest BCUT2D eigenvalue weighted by atomic mass is 32.1. The molecule has 1 aliphatic carbocycles. The van der Waals surface area contributed by atoms with Gasteiger partial charge in [-0.3, -0.25) is 0 Å². The van der Waals surface area contributed by atoms with E-state index in [0.29, 0.717) is 5.89 Å². The molecule has 3 aromatic heterocycles. The van der Waals surface area contributed by atoms with Crippen LogP contribution in [0.1, 0.15) is 0 Å². The Balaban J connectivity index is 0.000000102. The van der Waals surface area contributed by atoms with Crippen LogP contribution in [-0.2, 0) is 0 Å². The normalized spacial score (nSPS) is 11.9. The van der Waals surface area contributed by atoms with Crippen LogP contribution >= 0.6 is 22.7 Å². The molecule has 32 rings (SSSR count). The molecule has 0 radical (unpaired) electrons. The number of oxazole rings is 1. The summed E-state index contributed by atoms with van der Waals surface area (Å²) in [5.41, 5.74) is 27.2. The molecule has 1 aliphatic rings. The third-order valence-corrected chi connectivity index (χ3v) is 33.1. The van der Waals surface area contributed by atoms with E-state index >= 15 is 0 Å². The molecule has 0 saturated carbocycles. The second kappa shape index (κ2) is 34.0. The lowest BCUT2D eigenvalue weighted by molar-refractivity contribution is 0.623. The number of fused-ring (bicyclic) bond motifs is 31. The first kappa shape index (κ1) is 84.0. The molecule has 0 amide bonds. The Kier molecular flexibility index (Phi) is 19.5. The minimum Gasteiger partial charge on any atom is -0.435 e. The van der Waals surface area contributed by atoms with Crippen molar-refractivity contribution >= 4 is 216 Å². The molecule has 6 heteroatoms. The van der Waals surface area contributed by atoms with Gasteiger partial charge in [0.15, 0.2) is 5.58 Å². The zero-order valence-corrected chi connectivity index (χ0v) is 81.1. The molecular weight excluding hydrogens is 1820 g/mol. The van der Waals surface area contributed by atoms with Crippen molar-refractivity contribution in [2.24, 2.45) is 0 Å². The smallest absolute Gasteiger partial charge is 0.227 e. The number of aromatic nitrogens is 3. The SMILES string of the molecule is c1ccc(-c2nc3ccc4ccc(-c5ccc(-c6ccc7c8ccccc8c8ccccc8c7c6)c6ccccc56)cc4c3o2)cc1.c1ccc(-c2nc3ccc4ccc5ccc(-c6ccc(-c7ccc8c9c(cccc79)-c7ccccc7-8)c7ccccc67)cc5c4c3s2)cc1.c1ccc(-c2nc3ccc4ccc5ccc(-c6ccc(-c7ccc8c9ccccc9c9ccccc9c8c7)c7ccccc67)cc5c4c3s2)cc1. The van der Waals surface area contributed by atoms with Gasteiger partial charge in [-0.25, -0.2) is 15.0 Å². The third-order valence-electron chi connectivity index (χ3n) is 30.8. The van der Waals surface area contributed by atoms with E-state index in [9.17, 15) is 0 Å². The highest BCUT2D eigenvalue weighted by Gasteiger charge is 2.27. The molecule has 3 heterocycles. The summed E-state index contributed by atoms with van der Waals surface area (Å²) in [6.45, 7) is 0. The van der Waals surface area contributed by atoms with Crippen LogP contribution in [0.4, 0.5) is 0 Å². The molecule has 0 fully saturated rings. The summed E-state index contributed by atoms with van der Waals surface area (Å²) >= 11 is 3.58. The lowest BCUT2D eigenvalue weighted by Crippen LogP contribution is -1.89. The zero-order valence-electron chi connectivity index (χ0n) is 79.5. The van der Waals surface area contributed by atoms with Crippen LogP contribution < -0.4 is 0 Å². The monoisotopic (exact) mass is 1900 g/mol. The van der Waals surface area contributed by atoms with Crippen LogP contribution in [0.15, 0.2) is 508 Å². The summed E-state index contributed by atoms with van der Waals surface area (Å²) in [5.74, 6) is 0.643. The Morgan fingerprint density at radius 3 is 0.823 bits per heavy atom. The molecule has 0 aliphatic heterocycles.